The molecule has 8 heteroatoms. The lowest BCUT2D eigenvalue weighted by atomic mass is 9.85. The van der Waals surface area contributed by atoms with Gasteiger partial charge in [-0.2, -0.15) is 0 Å². The van der Waals surface area contributed by atoms with Crippen molar-refractivity contribution in [1.82, 2.24) is 5.32 Å². The highest BCUT2D eigenvalue weighted by Crippen LogP contribution is 2.26. The maximum atomic E-state index is 12.5. The molecule has 6 nitrogen and oxygen atoms in total. The smallest absolute Gasteiger partial charge is 0.405 e. The van der Waals surface area contributed by atoms with Gasteiger partial charge in [-0.05, 0) is 40.1 Å². The summed E-state index contributed by atoms with van der Waals surface area (Å²) >= 11 is 5.90. The normalized spacial score (nSPS) is 13.2. The van der Waals surface area contributed by atoms with Crippen LogP contribution >= 0.6 is 11.6 Å². The van der Waals surface area contributed by atoms with E-state index in [4.69, 9.17) is 20.8 Å². The van der Waals surface area contributed by atoms with Gasteiger partial charge in [0.2, 0.25) is 9.04 Å². The Morgan fingerprint density at radius 2 is 1.44 bits per heavy atom. The van der Waals surface area contributed by atoms with E-state index < -0.39 is 32.7 Å². The van der Waals surface area contributed by atoms with Crippen molar-refractivity contribution in [3.63, 3.8) is 0 Å². The predicted molar refractivity (Wildman–Crippen MR) is 145 cm³/mol. The molecule has 190 valence electrons. The molecule has 1 unspecified atom stereocenters. The van der Waals surface area contributed by atoms with E-state index in [9.17, 15) is 14.7 Å². The van der Waals surface area contributed by atoms with Crippen LogP contribution in [0.5, 0.6) is 0 Å². The lowest BCUT2D eigenvalue weighted by molar-refractivity contribution is 0.0115. The number of carbonyl (C=O) groups excluding carboxylic acids is 1. The van der Waals surface area contributed by atoms with Crippen LogP contribution in [0.1, 0.15) is 31.1 Å². The number of ether oxygens (including phenoxy) is 1. The number of benzene rings is 3. The van der Waals surface area contributed by atoms with Gasteiger partial charge in [0.1, 0.15) is 6.61 Å². The summed E-state index contributed by atoms with van der Waals surface area (Å²) in [5, 5.41) is 14.9. The van der Waals surface area contributed by atoms with Gasteiger partial charge in [0.15, 0.2) is 5.78 Å². The minimum atomic E-state index is -2.19. The molecule has 0 saturated heterocycles. The standard InChI is InChI=1S/C28H32ClNO5Si/c1-28(2,3)26(35-36(22-10-6-4-7-11-22)23-12-8-5-9-13-23)24(30-27(32)33)18-34-19-25(31)20-14-16-21(29)17-15-20/h4-17,24,26,30,36H,18-19H2,1-3H3,(H,32,33)/t24-,26?/m1/s1. The van der Waals surface area contributed by atoms with Crippen LogP contribution in [-0.4, -0.2) is 51.4 Å². The van der Waals surface area contributed by atoms with Crippen LogP contribution in [0.3, 0.4) is 0 Å². The lowest BCUT2D eigenvalue weighted by Gasteiger charge is -2.39. The highest BCUT2D eigenvalue weighted by atomic mass is 35.5. The SMILES string of the molecule is CC(C)(C)C(O[SiH](c1ccccc1)c1ccccc1)[C@@H](COCC(=O)c1ccc(Cl)cc1)NC(=O)O. The van der Waals surface area contributed by atoms with E-state index in [1.54, 1.807) is 24.3 Å². The van der Waals surface area contributed by atoms with Gasteiger partial charge in [-0.25, -0.2) is 4.79 Å². The maximum Gasteiger partial charge on any atom is 0.405 e. The first-order valence-electron chi connectivity index (χ1n) is 11.8. The molecule has 0 aromatic heterocycles. The van der Waals surface area contributed by atoms with E-state index in [2.05, 4.69) is 5.32 Å². The summed E-state index contributed by atoms with van der Waals surface area (Å²) < 4.78 is 12.6. The molecule has 0 aliphatic rings. The quantitative estimate of drug-likeness (QED) is 0.290. The van der Waals surface area contributed by atoms with Crippen LogP contribution in [0.15, 0.2) is 84.9 Å². The summed E-state index contributed by atoms with van der Waals surface area (Å²) in [6.45, 7) is 5.82. The second-order valence-electron chi connectivity index (χ2n) is 9.63. The molecular weight excluding hydrogens is 494 g/mol. The Kier molecular flexibility index (Phi) is 9.84. The van der Waals surface area contributed by atoms with Gasteiger partial charge in [0.25, 0.3) is 0 Å². The fourth-order valence-corrected chi connectivity index (χ4v) is 6.88. The molecule has 0 fully saturated rings. The Morgan fingerprint density at radius 3 is 1.92 bits per heavy atom. The third-order valence-electron chi connectivity index (χ3n) is 5.71. The van der Waals surface area contributed by atoms with E-state index in [-0.39, 0.29) is 19.0 Å². The first-order valence-corrected chi connectivity index (χ1v) is 13.8. The first-order chi connectivity index (χ1) is 17.1. The fraction of sp³-hybridized carbons (Fsp3) is 0.286. The zero-order valence-corrected chi connectivity index (χ0v) is 22.6. The monoisotopic (exact) mass is 525 g/mol. The van der Waals surface area contributed by atoms with Crippen molar-refractivity contribution >= 4 is 42.9 Å². The molecule has 1 amide bonds. The predicted octanol–water partition coefficient (Wildman–Crippen LogP) is 4.15. The van der Waals surface area contributed by atoms with Gasteiger partial charge < -0.3 is 19.6 Å². The average molecular weight is 526 g/mol. The number of nitrogens with one attached hydrogen (secondary N) is 1. The molecular formula is C28H32ClNO5Si. The minimum absolute atomic E-state index is 0.0156. The van der Waals surface area contributed by atoms with Crippen molar-refractivity contribution in [1.29, 1.82) is 0 Å². The second kappa shape index (κ2) is 12.8. The largest absolute Gasteiger partial charge is 0.465 e. The Labute approximate surface area is 218 Å². The Balaban J connectivity index is 1.82. The number of hydrogen-bond acceptors (Lipinski definition) is 4. The van der Waals surface area contributed by atoms with Gasteiger partial charge in [-0.1, -0.05) is 93.0 Å². The molecule has 0 aliphatic carbocycles. The van der Waals surface area contributed by atoms with Gasteiger partial charge >= 0.3 is 6.09 Å². The van der Waals surface area contributed by atoms with Gasteiger partial charge in [-0.15, -0.1) is 0 Å². The van der Waals surface area contributed by atoms with Crippen LogP contribution in [0, 0.1) is 5.41 Å². The summed E-state index contributed by atoms with van der Waals surface area (Å²) in [4.78, 5) is 24.3. The number of carbonyl (C=O) groups is 2. The molecule has 0 radical (unpaired) electrons. The number of Topliss-reactive ketones (excluding diaryl/α,β-unsaturated/α-hetero) is 1. The molecule has 0 bridgehead atoms. The number of amides is 1. The Hall–Kier alpha value is -2.97. The van der Waals surface area contributed by atoms with Gasteiger partial charge in [-0.3, -0.25) is 4.79 Å². The van der Waals surface area contributed by atoms with Crippen LogP contribution < -0.4 is 15.7 Å². The molecule has 3 aromatic rings. The number of hydrogen-bond donors (Lipinski definition) is 2. The summed E-state index contributed by atoms with van der Waals surface area (Å²) in [5.74, 6) is -0.213. The molecule has 3 rings (SSSR count). The third-order valence-corrected chi connectivity index (χ3v) is 8.51. The van der Waals surface area contributed by atoms with Crippen molar-refractivity contribution in [3.8, 4) is 0 Å². The van der Waals surface area contributed by atoms with Crippen LogP contribution in [0.4, 0.5) is 4.79 Å². The number of rotatable bonds is 11. The first kappa shape index (κ1) is 27.6. The lowest BCUT2D eigenvalue weighted by Crippen LogP contribution is -2.58. The Bertz CT molecular complexity index is 1080. The second-order valence-corrected chi connectivity index (χ2v) is 12.4. The Morgan fingerprint density at radius 1 is 0.917 bits per heavy atom. The molecule has 0 spiro atoms. The zero-order chi connectivity index (χ0) is 26.1. The van der Waals surface area contributed by atoms with Crippen LogP contribution in [0.2, 0.25) is 5.02 Å². The number of carboxylic acid groups (broad SMARTS) is 1. The summed E-state index contributed by atoms with van der Waals surface area (Å²) in [5.41, 5.74) is 0.0530. The van der Waals surface area contributed by atoms with E-state index in [0.717, 1.165) is 10.4 Å². The summed E-state index contributed by atoms with van der Waals surface area (Å²) in [6, 6.07) is 25.9. The van der Waals surface area contributed by atoms with E-state index >= 15 is 0 Å². The van der Waals surface area contributed by atoms with Crippen molar-refractivity contribution in [2.75, 3.05) is 13.2 Å². The molecule has 2 atom stereocenters. The van der Waals surface area contributed by atoms with Crippen LogP contribution in [0.25, 0.3) is 0 Å². The summed E-state index contributed by atoms with van der Waals surface area (Å²) in [7, 11) is -2.19. The summed E-state index contributed by atoms with van der Waals surface area (Å²) in [6.07, 6.45) is -1.69. The van der Waals surface area contributed by atoms with Crippen molar-refractivity contribution in [2.24, 2.45) is 5.41 Å². The molecule has 0 aliphatic heterocycles. The average Bonchev–Trinajstić information content (AvgIpc) is 2.84. The van der Waals surface area contributed by atoms with Crippen molar-refractivity contribution in [3.05, 3.63) is 95.5 Å². The number of ketones is 1. The molecule has 2 N–H and O–H groups in total. The van der Waals surface area contributed by atoms with E-state index in [1.165, 1.54) is 0 Å². The topological polar surface area (TPSA) is 84.9 Å². The van der Waals surface area contributed by atoms with Crippen molar-refractivity contribution < 1.29 is 23.9 Å². The molecule has 0 saturated carbocycles. The maximum absolute atomic E-state index is 12.5. The third kappa shape index (κ3) is 8.03. The molecule has 0 heterocycles. The fourth-order valence-electron chi connectivity index (χ4n) is 4.02. The molecule has 3 aromatic carbocycles. The minimum Gasteiger partial charge on any atom is -0.465 e. The number of halogens is 1. The highest BCUT2D eigenvalue weighted by molar-refractivity contribution is 6.80. The van der Waals surface area contributed by atoms with Crippen LogP contribution in [-0.2, 0) is 9.16 Å². The molecule has 36 heavy (non-hydrogen) atoms. The van der Waals surface area contributed by atoms with Gasteiger partial charge in [0, 0.05) is 10.6 Å². The zero-order valence-electron chi connectivity index (χ0n) is 20.7. The highest BCUT2D eigenvalue weighted by Gasteiger charge is 2.37. The van der Waals surface area contributed by atoms with Gasteiger partial charge in [0.05, 0.1) is 18.8 Å². The van der Waals surface area contributed by atoms with E-state index in [0.29, 0.717) is 10.6 Å². The van der Waals surface area contributed by atoms with Crippen molar-refractivity contribution in [2.45, 2.75) is 32.9 Å². The van der Waals surface area contributed by atoms with E-state index in [1.807, 2.05) is 81.4 Å².